The van der Waals surface area contributed by atoms with Crippen LogP contribution in [0.3, 0.4) is 0 Å². The van der Waals surface area contributed by atoms with Gasteiger partial charge in [-0.2, -0.15) is 5.26 Å². The molecule has 0 radical (unpaired) electrons. The van der Waals surface area contributed by atoms with Crippen molar-refractivity contribution in [1.82, 2.24) is 4.90 Å². The average Bonchev–Trinajstić information content (AvgIpc) is 2.63. The van der Waals surface area contributed by atoms with Crippen molar-refractivity contribution in [3.8, 4) is 6.07 Å². The molecule has 0 saturated carbocycles. The van der Waals surface area contributed by atoms with Crippen LogP contribution in [0, 0.1) is 24.2 Å². The van der Waals surface area contributed by atoms with Crippen molar-refractivity contribution in [2.24, 2.45) is 5.92 Å². The standard InChI is InChI=1S/C11H14N2O2/c1-8(6-12)7-13(3)11(14)10-9(2)4-5-15-10/h4-5,8H,7H2,1-3H3. The second-order valence-corrected chi connectivity index (χ2v) is 3.65. The molecular weight excluding hydrogens is 192 g/mol. The first-order chi connectivity index (χ1) is 7.06. The molecule has 1 amide bonds. The van der Waals surface area contributed by atoms with Crippen molar-refractivity contribution in [2.45, 2.75) is 13.8 Å². The van der Waals surface area contributed by atoms with E-state index in [1.807, 2.05) is 6.92 Å². The van der Waals surface area contributed by atoms with E-state index in [4.69, 9.17) is 9.68 Å². The zero-order valence-corrected chi connectivity index (χ0v) is 9.15. The van der Waals surface area contributed by atoms with Gasteiger partial charge in [-0.15, -0.1) is 0 Å². The number of aryl methyl sites for hydroxylation is 1. The van der Waals surface area contributed by atoms with Crippen LogP contribution in [0.5, 0.6) is 0 Å². The number of nitrogens with zero attached hydrogens (tertiary/aromatic N) is 2. The van der Waals surface area contributed by atoms with Crippen molar-refractivity contribution in [2.75, 3.05) is 13.6 Å². The summed E-state index contributed by atoms with van der Waals surface area (Å²) in [7, 11) is 1.66. The van der Waals surface area contributed by atoms with Crippen LogP contribution in [0.15, 0.2) is 16.7 Å². The van der Waals surface area contributed by atoms with Crippen molar-refractivity contribution in [3.05, 3.63) is 23.7 Å². The summed E-state index contributed by atoms with van der Waals surface area (Å²) in [4.78, 5) is 13.3. The number of carbonyl (C=O) groups excluding carboxylic acids is 1. The molecule has 0 aliphatic carbocycles. The summed E-state index contributed by atoms with van der Waals surface area (Å²) in [5.74, 6) is -0.00328. The highest BCUT2D eigenvalue weighted by Gasteiger charge is 2.18. The number of nitriles is 1. The van der Waals surface area contributed by atoms with Gasteiger partial charge in [0.25, 0.3) is 5.91 Å². The Bertz CT molecular complexity index is 390. The Morgan fingerprint density at radius 3 is 2.87 bits per heavy atom. The van der Waals surface area contributed by atoms with E-state index in [0.29, 0.717) is 12.3 Å². The number of carbonyl (C=O) groups is 1. The molecular formula is C11H14N2O2. The van der Waals surface area contributed by atoms with Gasteiger partial charge >= 0.3 is 0 Å². The summed E-state index contributed by atoms with van der Waals surface area (Å²) >= 11 is 0. The maximum Gasteiger partial charge on any atom is 0.289 e. The zero-order valence-electron chi connectivity index (χ0n) is 9.15. The molecule has 0 saturated heterocycles. The molecule has 0 bridgehead atoms. The summed E-state index contributed by atoms with van der Waals surface area (Å²) in [6.07, 6.45) is 1.49. The molecule has 1 unspecified atom stereocenters. The van der Waals surface area contributed by atoms with E-state index in [-0.39, 0.29) is 11.8 Å². The van der Waals surface area contributed by atoms with Crippen LogP contribution in [0.2, 0.25) is 0 Å². The largest absolute Gasteiger partial charge is 0.459 e. The van der Waals surface area contributed by atoms with Crippen LogP contribution in [0.4, 0.5) is 0 Å². The summed E-state index contributed by atoms with van der Waals surface area (Å²) in [6.45, 7) is 4.01. The fraction of sp³-hybridized carbons (Fsp3) is 0.455. The Morgan fingerprint density at radius 1 is 1.73 bits per heavy atom. The number of furan rings is 1. The maximum absolute atomic E-state index is 11.8. The molecule has 0 N–H and O–H groups in total. The van der Waals surface area contributed by atoms with Crippen molar-refractivity contribution in [3.63, 3.8) is 0 Å². The van der Waals surface area contributed by atoms with E-state index < -0.39 is 0 Å². The fourth-order valence-electron chi connectivity index (χ4n) is 1.30. The predicted octanol–water partition coefficient (Wildman–Crippen LogP) is 1.82. The molecule has 0 aromatic carbocycles. The Balaban J connectivity index is 2.70. The molecule has 0 aliphatic rings. The SMILES string of the molecule is Cc1ccoc1C(=O)N(C)CC(C)C#N. The average molecular weight is 206 g/mol. The second-order valence-electron chi connectivity index (χ2n) is 3.65. The normalized spacial score (nSPS) is 11.9. The third-order valence-corrected chi connectivity index (χ3v) is 2.17. The second kappa shape index (κ2) is 4.65. The van der Waals surface area contributed by atoms with Gasteiger partial charge in [-0.05, 0) is 19.9 Å². The quantitative estimate of drug-likeness (QED) is 0.758. The van der Waals surface area contributed by atoms with Crippen molar-refractivity contribution in [1.29, 1.82) is 5.26 Å². The monoisotopic (exact) mass is 206 g/mol. The molecule has 1 heterocycles. The first-order valence-corrected chi connectivity index (χ1v) is 4.75. The van der Waals surface area contributed by atoms with E-state index in [9.17, 15) is 4.79 Å². The van der Waals surface area contributed by atoms with Gasteiger partial charge in [0, 0.05) is 19.2 Å². The van der Waals surface area contributed by atoms with Crippen LogP contribution in [0.1, 0.15) is 23.0 Å². The lowest BCUT2D eigenvalue weighted by Crippen LogP contribution is -2.30. The smallest absolute Gasteiger partial charge is 0.289 e. The lowest BCUT2D eigenvalue weighted by Gasteiger charge is -2.17. The Morgan fingerprint density at radius 2 is 2.40 bits per heavy atom. The molecule has 4 nitrogen and oxygen atoms in total. The molecule has 0 aliphatic heterocycles. The predicted molar refractivity (Wildman–Crippen MR) is 55.2 cm³/mol. The minimum Gasteiger partial charge on any atom is -0.459 e. The number of hydrogen-bond donors (Lipinski definition) is 0. The first-order valence-electron chi connectivity index (χ1n) is 4.75. The summed E-state index contributed by atoms with van der Waals surface area (Å²) in [5.41, 5.74) is 0.816. The van der Waals surface area contributed by atoms with Gasteiger partial charge in [-0.1, -0.05) is 0 Å². The lowest BCUT2D eigenvalue weighted by molar-refractivity contribution is 0.0752. The Labute approximate surface area is 89.1 Å². The minimum atomic E-state index is -0.181. The molecule has 1 aromatic rings. The fourth-order valence-corrected chi connectivity index (χ4v) is 1.30. The maximum atomic E-state index is 11.8. The van der Waals surface area contributed by atoms with Gasteiger partial charge in [-0.3, -0.25) is 4.79 Å². The van der Waals surface area contributed by atoms with Gasteiger partial charge in [0.2, 0.25) is 0 Å². The van der Waals surface area contributed by atoms with Crippen molar-refractivity contribution < 1.29 is 9.21 Å². The van der Waals surface area contributed by atoms with E-state index in [1.54, 1.807) is 20.0 Å². The highest BCUT2D eigenvalue weighted by molar-refractivity contribution is 5.92. The highest BCUT2D eigenvalue weighted by atomic mass is 16.3. The van der Waals surface area contributed by atoms with E-state index in [1.165, 1.54) is 11.2 Å². The van der Waals surface area contributed by atoms with Gasteiger partial charge in [0.05, 0.1) is 18.3 Å². The number of amides is 1. The molecule has 80 valence electrons. The highest BCUT2D eigenvalue weighted by Crippen LogP contribution is 2.11. The van der Waals surface area contributed by atoms with Gasteiger partial charge in [0.1, 0.15) is 0 Å². The molecule has 1 atom stereocenters. The van der Waals surface area contributed by atoms with Crippen molar-refractivity contribution >= 4 is 5.91 Å². The minimum absolute atomic E-state index is 0.172. The Hall–Kier alpha value is -1.76. The third-order valence-electron chi connectivity index (χ3n) is 2.17. The summed E-state index contributed by atoms with van der Waals surface area (Å²) in [6, 6.07) is 3.83. The summed E-state index contributed by atoms with van der Waals surface area (Å²) in [5, 5.41) is 8.64. The van der Waals surface area contributed by atoms with Crippen LogP contribution >= 0.6 is 0 Å². The third kappa shape index (κ3) is 2.59. The topological polar surface area (TPSA) is 57.2 Å². The van der Waals surface area contributed by atoms with E-state index >= 15 is 0 Å². The summed E-state index contributed by atoms with van der Waals surface area (Å²) < 4.78 is 5.09. The van der Waals surface area contributed by atoms with Crippen LogP contribution in [-0.4, -0.2) is 24.4 Å². The molecule has 0 fully saturated rings. The number of rotatable bonds is 3. The van der Waals surface area contributed by atoms with Gasteiger partial charge in [0.15, 0.2) is 5.76 Å². The molecule has 1 aromatic heterocycles. The zero-order chi connectivity index (χ0) is 11.4. The van der Waals surface area contributed by atoms with Crippen LogP contribution < -0.4 is 0 Å². The molecule has 15 heavy (non-hydrogen) atoms. The van der Waals surface area contributed by atoms with Crippen LogP contribution in [-0.2, 0) is 0 Å². The number of hydrogen-bond acceptors (Lipinski definition) is 3. The molecule has 0 spiro atoms. The van der Waals surface area contributed by atoms with E-state index in [0.717, 1.165) is 5.56 Å². The first kappa shape index (κ1) is 11.3. The molecule has 1 rings (SSSR count). The van der Waals surface area contributed by atoms with Gasteiger partial charge < -0.3 is 9.32 Å². The molecule has 4 heteroatoms. The van der Waals surface area contributed by atoms with Gasteiger partial charge in [-0.25, -0.2) is 0 Å². The van der Waals surface area contributed by atoms with E-state index in [2.05, 4.69) is 6.07 Å². The van der Waals surface area contributed by atoms with Crippen LogP contribution in [0.25, 0.3) is 0 Å². The lowest BCUT2D eigenvalue weighted by atomic mass is 10.2. The Kier molecular flexibility index (Phi) is 3.51.